The molecule has 1 amide bonds. The summed E-state index contributed by atoms with van der Waals surface area (Å²) in [5.74, 6) is -0.355. The topological polar surface area (TPSA) is 44.4 Å². The van der Waals surface area contributed by atoms with Crippen LogP contribution in [0.2, 0.25) is 5.02 Å². The quantitative estimate of drug-likeness (QED) is 0.598. The highest BCUT2D eigenvalue weighted by molar-refractivity contribution is 9.10. The second-order valence-electron chi connectivity index (χ2n) is 5.69. The lowest BCUT2D eigenvalue weighted by molar-refractivity contribution is 0.0978. The van der Waals surface area contributed by atoms with Gasteiger partial charge >= 0.3 is 0 Å². The first-order chi connectivity index (χ1) is 12.4. The van der Waals surface area contributed by atoms with Crippen molar-refractivity contribution in [3.8, 4) is 0 Å². The molecule has 0 saturated carbocycles. The van der Waals surface area contributed by atoms with Crippen LogP contribution in [-0.2, 0) is 6.54 Å². The van der Waals surface area contributed by atoms with Gasteiger partial charge in [0.1, 0.15) is 0 Å². The Labute approximate surface area is 173 Å². The van der Waals surface area contributed by atoms with E-state index in [1.807, 2.05) is 12.1 Å². The third-order valence-electron chi connectivity index (χ3n) is 3.91. The number of benzene rings is 2. The first-order valence-corrected chi connectivity index (χ1v) is 9.89. The average molecular weight is 455 g/mol. The summed E-state index contributed by atoms with van der Waals surface area (Å²) >= 11 is 14.6. The van der Waals surface area contributed by atoms with Crippen LogP contribution in [-0.4, -0.2) is 29.0 Å². The van der Waals surface area contributed by atoms with Gasteiger partial charge in [-0.1, -0.05) is 53.5 Å². The molecule has 0 aliphatic heterocycles. The molecule has 0 radical (unpaired) electrons. The van der Waals surface area contributed by atoms with Crippen molar-refractivity contribution in [3.05, 3.63) is 63.1 Å². The van der Waals surface area contributed by atoms with E-state index < -0.39 is 0 Å². The summed E-state index contributed by atoms with van der Waals surface area (Å²) in [5.41, 5.74) is 2.41. The largest absolute Gasteiger partial charge is 0.332 e. The molecule has 0 aliphatic carbocycles. The highest BCUT2D eigenvalue weighted by atomic mass is 79.9. The van der Waals surface area contributed by atoms with Crippen LogP contribution in [0.1, 0.15) is 29.8 Å². The molecule has 26 heavy (non-hydrogen) atoms. The molecule has 2 aromatic carbocycles. The molecule has 138 valence electrons. The number of hydrogen-bond donors (Lipinski definition) is 2. The van der Waals surface area contributed by atoms with Gasteiger partial charge in [-0.15, -0.1) is 0 Å². The van der Waals surface area contributed by atoms with E-state index in [-0.39, 0.29) is 11.0 Å². The third-order valence-corrected chi connectivity index (χ3v) is 4.94. The van der Waals surface area contributed by atoms with E-state index in [1.54, 1.807) is 18.2 Å². The Morgan fingerprint density at radius 1 is 1.15 bits per heavy atom. The van der Waals surface area contributed by atoms with Crippen molar-refractivity contribution in [1.29, 1.82) is 0 Å². The third kappa shape index (κ3) is 6.06. The van der Waals surface area contributed by atoms with E-state index in [0.717, 1.165) is 29.8 Å². The fourth-order valence-corrected chi connectivity index (χ4v) is 3.18. The molecule has 0 spiro atoms. The van der Waals surface area contributed by atoms with Crippen molar-refractivity contribution in [3.63, 3.8) is 0 Å². The number of nitrogens with zero attached hydrogens (tertiary/aromatic N) is 1. The van der Waals surface area contributed by atoms with E-state index in [4.69, 9.17) is 23.8 Å². The van der Waals surface area contributed by atoms with Crippen LogP contribution in [0.5, 0.6) is 0 Å². The van der Waals surface area contributed by atoms with E-state index in [1.165, 1.54) is 5.56 Å². The van der Waals surface area contributed by atoms with Gasteiger partial charge in [0.05, 0.1) is 10.6 Å². The Kier molecular flexibility index (Phi) is 8.03. The van der Waals surface area contributed by atoms with Gasteiger partial charge in [0.15, 0.2) is 5.11 Å². The normalized spacial score (nSPS) is 10.7. The summed E-state index contributed by atoms with van der Waals surface area (Å²) in [6, 6.07) is 13.1. The van der Waals surface area contributed by atoms with Gasteiger partial charge in [-0.2, -0.15) is 0 Å². The lowest BCUT2D eigenvalue weighted by atomic mass is 10.2. The van der Waals surface area contributed by atoms with Crippen molar-refractivity contribution >= 4 is 56.5 Å². The first-order valence-electron chi connectivity index (χ1n) is 8.31. The summed E-state index contributed by atoms with van der Waals surface area (Å²) in [5, 5.41) is 6.26. The Hall–Kier alpha value is -1.47. The zero-order valence-electron chi connectivity index (χ0n) is 14.7. The van der Waals surface area contributed by atoms with Crippen LogP contribution in [0.3, 0.4) is 0 Å². The maximum Gasteiger partial charge on any atom is 0.258 e. The SMILES string of the molecule is CCN(CC)Cc1ccc(NC(=S)NC(=O)c2cc(Br)ccc2Cl)cc1. The van der Waals surface area contributed by atoms with Crippen LogP contribution in [0.25, 0.3) is 0 Å². The molecule has 7 heteroatoms. The summed E-state index contributed by atoms with van der Waals surface area (Å²) in [4.78, 5) is 14.7. The Bertz CT molecular complexity index is 779. The van der Waals surface area contributed by atoms with E-state index in [2.05, 4.69) is 57.4 Å². The Morgan fingerprint density at radius 3 is 2.42 bits per heavy atom. The number of amides is 1. The van der Waals surface area contributed by atoms with Crippen molar-refractivity contribution in [2.24, 2.45) is 0 Å². The number of rotatable bonds is 6. The van der Waals surface area contributed by atoms with Crippen molar-refractivity contribution in [1.82, 2.24) is 10.2 Å². The second-order valence-corrected chi connectivity index (χ2v) is 7.42. The fraction of sp³-hybridized carbons (Fsp3) is 0.263. The summed E-state index contributed by atoms with van der Waals surface area (Å²) in [6.45, 7) is 7.25. The molecule has 0 bridgehead atoms. The number of carbonyl (C=O) groups excluding carboxylic acids is 1. The first kappa shape index (κ1) is 20.8. The lowest BCUT2D eigenvalue weighted by Gasteiger charge is -2.18. The smallest absolute Gasteiger partial charge is 0.258 e. The van der Waals surface area contributed by atoms with E-state index >= 15 is 0 Å². The zero-order valence-corrected chi connectivity index (χ0v) is 17.8. The monoisotopic (exact) mass is 453 g/mol. The molecule has 2 rings (SSSR count). The molecule has 0 saturated heterocycles. The molecule has 4 nitrogen and oxygen atoms in total. The van der Waals surface area contributed by atoms with E-state index in [9.17, 15) is 4.79 Å². The molecule has 0 unspecified atom stereocenters. The molecular formula is C19H21BrClN3OS. The molecule has 2 aromatic rings. The lowest BCUT2D eigenvalue weighted by Crippen LogP contribution is -2.34. The highest BCUT2D eigenvalue weighted by Crippen LogP contribution is 2.21. The minimum atomic E-state index is -0.355. The minimum Gasteiger partial charge on any atom is -0.332 e. The van der Waals surface area contributed by atoms with Gasteiger partial charge in [0, 0.05) is 16.7 Å². The van der Waals surface area contributed by atoms with Gasteiger partial charge in [-0.25, -0.2) is 0 Å². The summed E-state index contributed by atoms with van der Waals surface area (Å²) in [7, 11) is 0. The maximum absolute atomic E-state index is 12.3. The predicted octanol–water partition coefficient (Wildman–Crippen LogP) is 5.07. The standard InChI is InChI=1S/C19H21BrClN3OS/c1-3-24(4-2)12-13-5-8-15(9-6-13)22-19(26)23-18(25)16-11-14(20)7-10-17(16)21/h5-11H,3-4,12H2,1-2H3,(H2,22,23,25,26). The fourth-order valence-electron chi connectivity index (χ4n) is 2.40. The molecule has 2 N–H and O–H groups in total. The van der Waals surface area contributed by atoms with Gasteiger partial charge < -0.3 is 5.32 Å². The molecular weight excluding hydrogens is 434 g/mol. The summed E-state index contributed by atoms with van der Waals surface area (Å²) in [6.07, 6.45) is 0. The van der Waals surface area contributed by atoms with Gasteiger partial charge in [0.2, 0.25) is 0 Å². The summed E-state index contributed by atoms with van der Waals surface area (Å²) < 4.78 is 0.773. The number of halogens is 2. The van der Waals surface area contributed by atoms with Crippen molar-refractivity contribution in [2.45, 2.75) is 20.4 Å². The van der Waals surface area contributed by atoms with E-state index in [0.29, 0.717) is 10.6 Å². The second kappa shape index (κ2) is 10.0. The van der Waals surface area contributed by atoms with Gasteiger partial charge in [-0.05, 0) is 61.2 Å². The number of thiocarbonyl (C=S) groups is 1. The average Bonchev–Trinajstić information content (AvgIpc) is 2.62. The zero-order chi connectivity index (χ0) is 19.1. The predicted molar refractivity (Wildman–Crippen MR) is 116 cm³/mol. The maximum atomic E-state index is 12.3. The molecule has 0 atom stereocenters. The number of carbonyl (C=O) groups is 1. The van der Waals surface area contributed by atoms with Crippen LogP contribution >= 0.6 is 39.7 Å². The molecule has 0 aromatic heterocycles. The minimum absolute atomic E-state index is 0.225. The van der Waals surface area contributed by atoms with Gasteiger partial charge in [-0.3, -0.25) is 15.0 Å². The van der Waals surface area contributed by atoms with Gasteiger partial charge in [0.25, 0.3) is 5.91 Å². The molecule has 0 aliphatic rings. The van der Waals surface area contributed by atoms with Crippen LogP contribution in [0.15, 0.2) is 46.9 Å². The molecule has 0 heterocycles. The van der Waals surface area contributed by atoms with Crippen LogP contribution < -0.4 is 10.6 Å². The van der Waals surface area contributed by atoms with Crippen molar-refractivity contribution in [2.75, 3.05) is 18.4 Å². The Morgan fingerprint density at radius 2 is 1.81 bits per heavy atom. The highest BCUT2D eigenvalue weighted by Gasteiger charge is 2.12. The Balaban J connectivity index is 1.95. The van der Waals surface area contributed by atoms with Crippen LogP contribution in [0.4, 0.5) is 5.69 Å². The number of hydrogen-bond acceptors (Lipinski definition) is 3. The molecule has 0 fully saturated rings. The van der Waals surface area contributed by atoms with Crippen molar-refractivity contribution < 1.29 is 4.79 Å². The number of anilines is 1. The van der Waals surface area contributed by atoms with Crippen LogP contribution in [0, 0.1) is 0 Å². The number of nitrogens with one attached hydrogen (secondary N) is 2.